The number of benzene rings is 1. The maximum Gasteiger partial charge on any atom is 0.292 e. The number of aromatic nitrogens is 4. The highest BCUT2D eigenvalue weighted by Crippen LogP contribution is 2.41. The third-order valence-electron chi connectivity index (χ3n) is 6.87. The first-order chi connectivity index (χ1) is 15.1. The van der Waals surface area contributed by atoms with Gasteiger partial charge in [-0.05, 0) is 55.5 Å². The molecule has 1 aromatic carbocycles. The van der Waals surface area contributed by atoms with E-state index in [2.05, 4.69) is 21.2 Å². The van der Waals surface area contributed by atoms with Crippen molar-refractivity contribution in [2.75, 3.05) is 13.1 Å². The van der Waals surface area contributed by atoms with Gasteiger partial charge in [-0.3, -0.25) is 9.78 Å². The van der Waals surface area contributed by atoms with Crippen molar-refractivity contribution in [1.82, 2.24) is 24.6 Å². The lowest BCUT2D eigenvalue weighted by molar-refractivity contribution is 0.0523. The number of nitrogens with two attached hydrogens (primary N) is 1. The van der Waals surface area contributed by atoms with Gasteiger partial charge in [0.25, 0.3) is 5.91 Å². The SMILES string of the molecule is NC[C@]1(c2cccc(Cl)c2)CC[C@@H](N2CCn3c(nnc3-c3cccnc3)C2=O)CC1. The van der Waals surface area contributed by atoms with Crippen molar-refractivity contribution >= 4 is 17.5 Å². The van der Waals surface area contributed by atoms with Gasteiger partial charge in [0, 0.05) is 54.1 Å². The Morgan fingerprint density at radius 2 is 1.90 bits per heavy atom. The van der Waals surface area contributed by atoms with Crippen molar-refractivity contribution in [3.8, 4) is 11.4 Å². The van der Waals surface area contributed by atoms with E-state index in [4.69, 9.17) is 17.3 Å². The Hall–Kier alpha value is -2.77. The standard InChI is InChI=1S/C23H25ClN6O/c24-18-5-1-4-17(13-18)23(15-25)8-6-19(7-9-23)29-11-12-30-20(16-3-2-10-26-14-16)27-28-21(30)22(29)31/h1-5,10,13-14,19H,6-9,11-12,15,25H2/t19-,23+. The van der Waals surface area contributed by atoms with Gasteiger partial charge in [0.15, 0.2) is 5.82 Å². The van der Waals surface area contributed by atoms with Gasteiger partial charge < -0.3 is 15.2 Å². The van der Waals surface area contributed by atoms with Gasteiger partial charge in [-0.15, -0.1) is 10.2 Å². The molecule has 7 nitrogen and oxygen atoms in total. The first-order valence-corrected chi connectivity index (χ1v) is 11.1. The Balaban J connectivity index is 1.33. The first-order valence-electron chi connectivity index (χ1n) is 10.7. The molecule has 0 unspecified atom stereocenters. The fourth-order valence-corrected chi connectivity index (χ4v) is 5.25. The van der Waals surface area contributed by atoms with Gasteiger partial charge in [-0.2, -0.15) is 0 Å². The fraction of sp³-hybridized carbons (Fsp3) is 0.391. The van der Waals surface area contributed by atoms with E-state index in [1.165, 1.54) is 5.56 Å². The van der Waals surface area contributed by atoms with Gasteiger partial charge in [0.1, 0.15) is 0 Å². The Labute approximate surface area is 186 Å². The maximum atomic E-state index is 13.3. The van der Waals surface area contributed by atoms with Crippen molar-refractivity contribution in [3.63, 3.8) is 0 Å². The second-order valence-electron chi connectivity index (χ2n) is 8.47. The number of rotatable bonds is 4. The predicted octanol–water partition coefficient (Wildman–Crippen LogP) is 3.29. The molecule has 0 spiro atoms. The van der Waals surface area contributed by atoms with Crippen LogP contribution in [0.15, 0.2) is 48.8 Å². The molecule has 31 heavy (non-hydrogen) atoms. The molecule has 2 aliphatic rings. The number of nitrogens with zero attached hydrogens (tertiary/aromatic N) is 5. The molecule has 2 aromatic heterocycles. The number of hydrogen-bond acceptors (Lipinski definition) is 5. The van der Waals surface area contributed by atoms with Crippen LogP contribution < -0.4 is 5.73 Å². The van der Waals surface area contributed by atoms with Crippen molar-refractivity contribution < 1.29 is 4.79 Å². The van der Waals surface area contributed by atoms with Crippen LogP contribution in [0, 0.1) is 0 Å². The highest BCUT2D eigenvalue weighted by atomic mass is 35.5. The molecule has 0 radical (unpaired) electrons. The smallest absolute Gasteiger partial charge is 0.292 e. The minimum absolute atomic E-state index is 0.0399. The average Bonchev–Trinajstić information content (AvgIpc) is 3.25. The molecule has 2 N–H and O–H groups in total. The van der Waals surface area contributed by atoms with Gasteiger partial charge in [-0.25, -0.2) is 0 Å². The molecule has 1 amide bonds. The largest absolute Gasteiger partial charge is 0.331 e. The Morgan fingerprint density at radius 3 is 2.61 bits per heavy atom. The number of carbonyl (C=O) groups is 1. The molecule has 8 heteroatoms. The first kappa shape index (κ1) is 20.2. The third kappa shape index (κ3) is 3.51. The van der Waals surface area contributed by atoms with E-state index in [0.29, 0.717) is 31.3 Å². The molecular weight excluding hydrogens is 412 g/mol. The van der Waals surface area contributed by atoms with E-state index in [1.54, 1.807) is 12.4 Å². The van der Waals surface area contributed by atoms with E-state index < -0.39 is 0 Å². The lowest BCUT2D eigenvalue weighted by atomic mass is 9.68. The Kier molecular flexibility index (Phi) is 5.24. The van der Waals surface area contributed by atoms with Crippen LogP contribution in [0.2, 0.25) is 5.02 Å². The molecule has 0 bridgehead atoms. The van der Waals surface area contributed by atoms with Gasteiger partial charge in [-0.1, -0.05) is 23.7 Å². The summed E-state index contributed by atoms with van der Waals surface area (Å²) in [7, 11) is 0. The van der Waals surface area contributed by atoms with Crippen LogP contribution in [0.5, 0.6) is 0 Å². The lowest BCUT2D eigenvalue weighted by Crippen LogP contribution is -2.50. The van der Waals surface area contributed by atoms with E-state index in [-0.39, 0.29) is 17.4 Å². The summed E-state index contributed by atoms with van der Waals surface area (Å²) < 4.78 is 1.91. The summed E-state index contributed by atoms with van der Waals surface area (Å²) in [5, 5.41) is 9.24. The van der Waals surface area contributed by atoms with Crippen molar-refractivity contribution in [3.05, 3.63) is 65.2 Å². The molecule has 1 aliphatic carbocycles. The molecule has 160 valence electrons. The van der Waals surface area contributed by atoms with Crippen LogP contribution in [0.4, 0.5) is 0 Å². The van der Waals surface area contributed by atoms with Gasteiger partial charge >= 0.3 is 0 Å². The zero-order chi connectivity index (χ0) is 21.4. The quantitative estimate of drug-likeness (QED) is 0.677. The van der Waals surface area contributed by atoms with Crippen LogP contribution in [-0.4, -0.2) is 49.7 Å². The summed E-state index contributed by atoms with van der Waals surface area (Å²) in [6, 6.07) is 12.0. The monoisotopic (exact) mass is 436 g/mol. The second kappa shape index (κ2) is 8.05. The number of hydrogen-bond donors (Lipinski definition) is 1. The summed E-state index contributed by atoms with van der Waals surface area (Å²) in [4.78, 5) is 19.4. The number of halogens is 1. The van der Waals surface area contributed by atoms with Crippen molar-refractivity contribution in [2.45, 2.75) is 43.7 Å². The van der Waals surface area contributed by atoms with E-state index in [9.17, 15) is 4.79 Å². The Morgan fingerprint density at radius 1 is 1.10 bits per heavy atom. The van der Waals surface area contributed by atoms with E-state index >= 15 is 0 Å². The van der Waals surface area contributed by atoms with Gasteiger partial charge in [0.05, 0.1) is 0 Å². The Bertz CT molecular complexity index is 1090. The minimum Gasteiger partial charge on any atom is -0.331 e. The second-order valence-corrected chi connectivity index (χ2v) is 8.90. The number of pyridine rings is 1. The minimum atomic E-state index is -0.0757. The molecule has 0 atom stereocenters. The topological polar surface area (TPSA) is 89.9 Å². The van der Waals surface area contributed by atoms with Crippen LogP contribution in [0.25, 0.3) is 11.4 Å². The highest BCUT2D eigenvalue weighted by Gasteiger charge is 2.40. The lowest BCUT2D eigenvalue weighted by Gasteiger charge is -2.44. The van der Waals surface area contributed by atoms with Gasteiger partial charge in [0.2, 0.25) is 5.82 Å². The average molecular weight is 437 g/mol. The summed E-state index contributed by atoms with van der Waals surface area (Å²) in [6.45, 7) is 1.93. The van der Waals surface area contributed by atoms with Crippen LogP contribution in [0.3, 0.4) is 0 Å². The summed E-state index contributed by atoms with van der Waals surface area (Å²) in [5.74, 6) is 1.07. The number of fused-ring (bicyclic) bond motifs is 1. The molecule has 5 rings (SSSR count). The molecule has 3 heterocycles. The number of carbonyl (C=O) groups excluding carboxylic acids is 1. The molecule has 1 aliphatic heterocycles. The highest BCUT2D eigenvalue weighted by molar-refractivity contribution is 6.30. The molecule has 3 aromatic rings. The molecular formula is C23H25ClN6O. The normalized spacial score (nSPS) is 23.6. The number of amides is 1. The molecule has 1 saturated carbocycles. The fourth-order valence-electron chi connectivity index (χ4n) is 5.06. The molecule has 0 saturated heterocycles. The maximum absolute atomic E-state index is 13.3. The van der Waals surface area contributed by atoms with Crippen molar-refractivity contribution in [2.24, 2.45) is 5.73 Å². The molecule has 1 fully saturated rings. The van der Waals surface area contributed by atoms with Crippen LogP contribution >= 0.6 is 11.6 Å². The summed E-state index contributed by atoms with van der Waals surface area (Å²) in [6.07, 6.45) is 7.17. The summed E-state index contributed by atoms with van der Waals surface area (Å²) in [5.41, 5.74) is 8.24. The third-order valence-corrected chi connectivity index (χ3v) is 7.10. The van der Waals surface area contributed by atoms with Crippen LogP contribution in [0.1, 0.15) is 41.9 Å². The predicted molar refractivity (Wildman–Crippen MR) is 119 cm³/mol. The van der Waals surface area contributed by atoms with Crippen molar-refractivity contribution in [1.29, 1.82) is 0 Å². The van der Waals surface area contributed by atoms with E-state index in [0.717, 1.165) is 36.3 Å². The van der Waals surface area contributed by atoms with Crippen LogP contribution in [-0.2, 0) is 12.0 Å². The summed E-state index contributed by atoms with van der Waals surface area (Å²) >= 11 is 6.23. The zero-order valence-electron chi connectivity index (χ0n) is 17.2. The van der Waals surface area contributed by atoms with E-state index in [1.807, 2.05) is 39.8 Å². The zero-order valence-corrected chi connectivity index (χ0v) is 18.0.